The Hall–Kier alpha value is -2.82. The number of benzene rings is 2. The summed E-state index contributed by atoms with van der Waals surface area (Å²) in [5.41, 5.74) is 4.13. The lowest BCUT2D eigenvalue weighted by atomic mass is 9.99. The molecule has 140 valence electrons. The van der Waals surface area contributed by atoms with Gasteiger partial charge in [-0.05, 0) is 61.6 Å². The van der Waals surface area contributed by atoms with Gasteiger partial charge < -0.3 is 15.0 Å². The van der Waals surface area contributed by atoms with Crippen molar-refractivity contribution in [2.75, 3.05) is 18.0 Å². The van der Waals surface area contributed by atoms with Crippen LogP contribution in [0.5, 0.6) is 5.88 Å². The van der Waals surface area contributed by atoms with Crippen LogP contribution in [0.15, 0.2) is 41.4 Å². The highest BCUT2D eigenvalue weighted by Gasteiger charge is 2.18. The van der Waals surface area contributed by atoms with Gasteiger partial charge in [-0.3, -0.25) is 4.99 Å². The fourth-order valence-corrected chi connectivity index (χ4v) is 3.96. The van der Waals surface area contributed by atoms with Crippen LogP contribution in [0.3, 0.4) is 0 Å². The van der Waals surface area contributed by atoms with E-state index in [1.807, 2.05) is 12.1 Å². The number of aromatic nitrogens is 1. The van der Waals surface area contributed by atoms with Crippen molar-refractivity contribution in [2.45, 2.75) is 26.7 Å². The maximum Gasteiger partial charge on any atom is 0.198 e. The summed E-state index contributed by atoms with van der Waals surface area (Å²) in [6.07, 6.45) is 4.04. The SMILES string of the molecule is Cc1cc(N=Cc2c(O)[nH]c3cccc(F)c23)ccc1N1CCCC(C)C1. The number of anilines is 1. The quantitative estimate of drug-likeness (QED) is 0.618. The molecule has 5 heteroatoms. The minimum atomic E-state index is -0.378. The van der Waals surface area contributed by atoms with Gasteiger partial charge in [-0.1, -0.05) is 13.0 Å². The number of aryl methyl sites for hydroxylation is 1. The summed E-state index contributed by atoms with van der Waals surface area (Å²) in [5.74, 6) is 0.265. The van der Waals surface area contributed by atoms with Gasteiger partial charge in [0.25, 0.3) is 0 Å². The minimum absolute atomic E-state index is 0.0745. The zero-order chi connectivity index (χ0) is 19.0. The average Bonchev–Trinajstić information content (AvgIpc) is 2.96. The number of hydrogen-bond donors (Lipinski definition) is 2. The summed E-state index contributed by atoms with van der Waals surface area (Å²) >= 11 is 0. The van der Waals surface area contributed by atoms with Crippen LogP contribution in [0.1, 0.15) is 30.9 Å². The van der Waals surface area contributed by atoms with Crippen LogP contribution < -0.4 is 4.90 Å². The molecule has 0 aliphatic carbocycles. The zero-order valence-corrected chi connectivity index (χ0v) is 15.7. The van der Waals surface area contributed by atoms with E-state index in [1.54, 1.807) is 12.1 Å². The van der Waals surface area contributed by atoms with Gasteiger partial charge in [0.15, 0.2) is 5.88 Å². The highest BCUT2D eigenvalue weighted by molar-refractivity contribution is 6.02. The molecule has 27 heavy (non-hydrogen) atoms. The molecule has 0 saturated carbocycles. The maximum atomic E-state index is 14.1. The second-order valence-corrected chi connectivity index (χ2v) is 7.47. The molecule has 1 aliphatic rings. The number of rotatable bonds is 3. The smallest absolute Gasteiger partial charge is 0.198 e. The molecule has 0 bridgehead atoms. The number of halogens is 1. The van der Waals surface area contributed by atoms with Gasteiger partial charge in [-0.15, -0.1) is 0 Å². The van der Waals surface area contributed by atoms with Gasteiger partial charge in [-0.25, -0.2) is 4.39 Å². The molecule has 4 nitrogen and oxygen atoms in total. The predicted octanol–water partition coefficient (Wildman–Crippen LogP) is 5.31. The van der Waals surface area contributed by atoms with Crippen LogP contribution in [-0.2, 0) is 0 Å². The number of H-pyrrole nitrogens is 1. The molecule has 1 saturated heterocycles. The Morgan fingerprint density at radius 3 is 2.93 bits per heavy atom. The molecule has 4 rings (SSSR count). The molecular formula is C22H24FN3O. The first-order valence-electron chi connectivity index (χ1n) is 9.42. The molecule has 2 heterocycles. The summed E-state index contributed by atoms with van der Waals surface area (Å²) in [6.45, 7) is 6.58. The molecule has 1 unspecified atom stereocenters. The number of nitrogens with zero attached hydrogens (tertiary/aromatic N) is 2. The Balaban J connectivity index is 1.62. The molecular weight excluding hydrogens is 341 g/mol. The van der Waals surface area contributed by atoms with Crippen molar-refractivity contribution >= 4 is 28.5 Å². The van der Waals surface area contributed by atoms with Crippen molar-refractivity contribution in [3.05, 3.63) is 53.3 Å². The van der Waals surface area contributed by atoms with E-state index in [0.29, 0.717) is 16.5 Å². The Morgan fingerprint density at radius 2 is 2.15 bits per heavy atom. The van der Waals surface area contributed by atoms with Gasteiger partial charge >= 0.3 is 0 Å². The molecule has 2 N–H and O–H groups in total. The molecule has 1 aromatic heterocycles. The van der Waals surface area contributed by atoms with E-state index >= 15 is 0 Å². The first-order valence-corrected chi connectivity index (χ1v) is 9.42. The fraction of sp³-hybridized carbons (Fsp3) is 0.318. The second-order valence-electron chi connectivity index (χ2n) is 7.47. The molecule has 0 amide bonds. The van der Waals surface area contributed by atoms with Gasteiger partial charge in [0.2, 0.25) is 0 Å². The minimum Gasteiger partial charge on any atom is -0.494 e. The van der Waals surface area contributed by atoms with E-state index in [2.05, 4.69) is 34.8 Å². The van der Waals surface area contributed by atoms with Crippen LogP contribution >= 0.6 is 0 Å². The van der Waals surface area contributed by atoms with Crippen molar-refractivity contribution in [1.29, 1.82) is 0 Å². The predicted molar refractivity (Wildman–Crippen MR) is 109 cm³/mol. The van der Waals surface area contributed by atoms with Crippen molar-refractivity contribution in [1.82, 2.24) is 4.98 Å². The molecule has 0 radical (unpaired) electrons. The van der Waals surface area contributed by atoms with E-state index in [-0.39, 0.29) is 11.7 Å². The molecule has 3 aromatic rings. The lowest BCUT2D eigenvalue weighted by Crippen LogP contribution is -2.34. The fourth-order valence-electron chi connectivity index (χ4n) is 3.96. The number of piperidine rings is 1. The monoisotopic (exact) mass is 365 g/mol. The van der Waals surface area contributed by atoms with E-state index in [9.17, 15) is 9.50 Å². The Morgan fingerprint density at radius 1 is 1.30 bits per heavy atom. The molecule has 1 fully saturated rings. The van der Waals surface area contributed by atoms with Crippen molar-refractivity contribution in [2.24, 2.45) is 10.9 Å². The third-order valence-electron chi connectivity index (χ3n) is 5.31. The standard InChI is InChI=1S/C22H24FN3O/c1-14-5-4-10-26(13-14)20-9-8-16(11-15(20)2)24-12-17-21-18(23)6-3-7-19(21)25-22(17)27/h3,6-9,11-12,14,25,27H,4-5,10,13H2,1-2H3. The second kappa shape index (κ2) is 7.06. The molecule has 1 atom stereocenters. The number of nitrogens with one attached hydrogen (secondary N) is 1. The summed E-state index contributed by atoms with van der Waals surface area (Å²) in [4.78, 5) is 9.70. The van der Waals surface area contributed by atoms with Crippen molar-refractivity contribution in [3.8, 4) is 5.88 Å². The number of aromatic hydroxyl groups is 1. The van der Waals surface area contributed by atoms with Crippen LogP contribution in [0.4, 0.5) is 15.8 Å². The van der Waals surface area contributed by atoms with Gasteiger partial charge in [0.1, 0.15) is 5.82 Å². The maximum absolute atomic E-state index is 14.1. The van der Waals surface area contributed by atoms with Gasteiger partial charge in [0, 0.05) is 30.4 Å². The Kier molecular flexibility index (Phi) is 4.60. The zero-order valence-electron chi connectivity index (χ0n) is 15.7. The number of aliphatic imine (C=N–C) groups is 1. The first kappa shape index (κ1) is 17.6. The van der Waals surface area contributed by atoms with Crippen LogP contribution in [-0.4, -0.2) is 29.4 Å². The number of aromatic amines is 1. The highest BCUT2D eigenvalue weighted by Crippen LogP contribution is 2.31. The van der Waals surface area contributed by atoms with E-state index in [0.717, 1.165) is 24.7 Å². The van der Waals surface area contributed by atoms with Crippen LogP contribution in [0, 0.1) is 18.7 Å². The highest BCUT2D eigenvalue weighted by atomic mass is 19.1. The summed E-state index contributed by atoms with van der Waals surface area (Å²) in [7, 11) is 0. The lowest BCUT2D eigenvalue weighted by Gasteiger charge is -2.33. The molecule has 0 spiro atoms. The lowest BCUT2D eigenvalue weighted by molar-refractivity contribution is 0.446. The normalized spacial score (nSPS) is 17.9. The van der Waals surface area contributed by atoms with Crippen molar-refractivity contribution in [3.63, 3.8) is 0 Å². The summed E-state index contributed by atoms with van der Waals surface area (Å²) in [6, 6.07) is 10.8. The third-order valence-corrected chi connectivity index (χ3v) is 5.31. The van der Waals surface area contributed by atoms with Crippen LogP contribution in [0.2, 0.25) is 0 Å². The van der Waals surface area contributed by atoms with Crippen molar-refractivity contribution < 1.29 is 9.50 Å². The topological polar surface area (TPSA) is 51.6 Å². The number of hydrogen-bond acceptors (Lipinski definition) is 3. The van der Waals surface area contributed by atoms with E-state index < -0.39 is 0 Å². The van der Waals surface area contributed by atoms with E-state index in [1.165, 1.54) is 36.4 Å². The summed E-state index contributed by atoms with van der Waals surface area (Å²) in [5, 5.41) is 10.5. The number of fused-ring (bicyclic) bond motifs is 1. The Labute approximate surface area is 158 Å². The largest absolute Gasteiger partial charge is 0.494 e. The molecule has 2 aromatic carbocycles. The third kappa shape index (κ3) is 3.42. The first-order chi connectivity index (χ1) is 13.0. The van der Waals surface area contributed by atoms with E-state index in [4.69, 9.17) is 0 Å². The molecule has 1 aliphatic heterocycles. The van der Waals surface area contributed by atoms with Gasteiger partial charge in [-0.2, -0.15) is 0 Å². The van der Waals surface area contributed by atoms with Crippen LogP contribution in [0.25, 0.3) is 10.9 Å². The average molecular weight is 365 g/mol. The van der Waals surface area contributed by atoms with Gasteiger partial charge in [0.05, 0.1) is 16.8 Å². The summed E-state index contributed by atoms with van der Waals surface area (Å²) < 4.78 is 14.1. The Bertz CT molecular complexity index is 1010.